The van der Waals surface area contributed by atoms with Crippen molar-refractivity contribution < 1.29 is 19.1 Å². The van der Waals surface area contributed by atoms with Gasteiger partial charge in [0.15, 0.2) is 0 Å². The number of nitriles is 1. The van der Waals surface area contributed by atoms with Crippen molar-refractivity contribution in [3.05, 3.63) is 59.9 Å². The molecule has 4 rings (SSSR count). The highest BCUT2D eigenvalue weighted by Gasteiger charge is 2.25. The van der Waals surface area contributed by atoms with Crippen LogP contribution in [0, 0.1) is 11.3 Å². The van der Waals surface area contributed by atoms with E-state index in [1.54, 1.807) is 6.07 Å². The molecule has 1 aromatic heterocycles. The molecular formula is C28H31N3O4. The third kappa shape index (κ3) is 5.73. The summed E-state index contributed by atoms with van der Waals surface area (Å²) in [6, 6.07) is 18.1. The summed E-state index contributed by atoms with van der Waals surface area (Å²) >= 11 is 0. The normalized spacial score (nSPS) is 16.1. The maximum atomic E-state index is 12.7. The van der Waals surface area contributed by atoms with Crippen molar-refractivity contribution in [2.24, 2.45) is 0 Å². The van der Waals surface area contributed by atoms with Crippen molar-refractivity contribution in [3.63, 3.8) is 0 Å². The van der Waals surface area contributed by atoms with Crippen LogP contribution in [0.15, 0.2) is 58.5 Å². The second-order valence-electron chi connectivity index (χ2n) is 9.06. The van der Waals surface area contributed by atoms with Gasteiger partial charge >= 0.3 is 0 Å². The van der Waals surface area contributed by atoms with Crippen LogP contribution in [-0.2, 0) is 9.53 Å². The molecule has 2 heterocycles. The van der Waals surface area contributed by atoms with Crippen molar-refractivity contribution >= 4 is 28.4 Å². The Bertz CT molecular complexity index is 1270. The van der Waals surface area contributed by atoms with Gasteiger partial charge in [0.05, 0.1) is 13.2 Å². The molecule has 0 radical (unpaired) electrons. The van der Waals surface area contributed by atoms with Gasteiger partial charge in [0, 0.05) is 42.6 Å². The third-order valence-electron chi connectivity index (χ3n) is 6.62. The Kier molecular flexibility index (Phi) is 7.54. The number of amides is 1. The summed E-state index contributed by atoms with van der Waals surface area (Å²) in [6.07, 6.45) is 2.50. The van der Waals surface area contributed by atoms with E-state index in [0.717, 1.165) is 42.6 Å². The number of hydrogen-bond donors (Lipinski definition) is 2. The van der Waals surface area contributed by atoms with E-state index in [4.69, 9.17) is 9.15 Å². The molecule has 7 nitrogen and oxygen atoms in total. The molecule has 1 saturated heterocycles. The number of hydrogen-bond acceptors (Lipinski definition) is 6. The molecule has 1 aliphatic heterocycles. The van der Waals surface area contributed by atoms with Gasteiger partial charge in [0.1, 0.15) is 23.2 Å². The van der Waals surface area contributed by atoms with E-state index in [2.05, 4.69) is 40.5 Å². The molecule has 0 aliphatic carbocycles. The summed E-state index contributed by atoms with van der Waals surface area (Å²) in [7, 11) is 0. The molecule has 0 spiro atoms. The number of nitrogens with one attached hydrogen (secondary N) is 1. The maximum absolute atomic E-state index is 12.7. The summed E-state index contributed by atoms with van der Waals surface area (Å²) in [6.45, 7) is 7.03. The standard InChI is InChI=1S/C28H31N3O4/c1-3-28(2,10-13-32)30-27(33)23(19-29)18-25-8-9-26(35-25)22-5-4-21-17-24(7-6-20(21)16-22)31-11-14-34-15-12-31/h4-9,16-18,32H,3,10-15H2,1-2H3,(H,30,33)/b23-18+. The Hall–Kier alpha value is -3.60. The summed E-state index contributed by atoms with van der Waals surface area (Å²) in [5, 5.41) is 23.9. The minimum atomic E-state index is -0.581. The number of fused-ring (bicyclic) bond motifs is 1. The molecule has 0 bridgehead atoms. The number of nitrogens with zero attached hydrogens (tertiary/aromatic N) is 2. The summed E-state index contributed by atoms with van der Waals surface area (Å²) in [5.41, 5.74) is 1.49. The number of carbonyl (C=O) groups is 1. The lowest BCUT2D eigenvalue weighted by Crippen LogP contribution is -2.46. The van der Waals surface area contributed by atoms with Crippen LogP contribution < -0.4 is 10.2 Å². The quantitative estimate of drug-likeness (QED) is 0.369. The lowest BCUT2D eigenvalue weighted by molar-refractivity contribution is -0.118. The highest BCUT2D eigenvalue weighted by molar-refractivity contribution is 6.01. The molecule has 182 valence electrons. The Morgan fingerprint density at radius 1 is 1.17 bits per heavy atom. The van der Waals surface area contributed by atoms with Gasteiger partial charge in [-0.25, -0.2) is 0 Å². The van der Waals surface area contributed by atoms with Gasteiger partial charge in [-0.2, -0.15) is 5.26 Å². The van der Waals surface area contributed by atoms with E-state index >= 15 is 0 Å². The SMILES string of the molecule is CCC(C)(CCO)NC(=O)/C(C#N)=C/c1ccc(-c2ccc3cc(N4CCOCC4)ccc3c2)o1. The largest absolute Gasteiger partial charge is 0.457 e. The molecule has 1 fully saturated rings. The average molecular weight is 474 g/mol. The molecule has 2 aromatic carbocycles. The van der Waals surface area contributed by atoms with Crippen LogP contribution in [-0.4, -0.2) is 49.5 Å². The number of carbonyl (C=O) groups excluding carboxylic acids is 1. The molecule has 1 unspecified atom stereocenters. The Morgan fingerprint density at radius 3 is 2.63 bits per heavy atom. The number of rotatable bonds is 8. The van der Waals surface area contributed by atoms with Gasteiger partial charge in [-0.3, -0.25) is 4.79 Å². The number of morpholine rings is 1. The predicted octanol–water partition coefficient (Wildman–Crippen LogP) is 4.51. The molecule has 3 aromatic rings. The van der Waals surface area contributed by atoms with Crippen LogP contribution in [0.25, 0.3) is 28.2 Å². The first-order chi connectivity index (χ1) is 16.9. The second kappa shape index (κ2) is 10.8. The third-order valence-corrected chi connectivity index (χ3v) is 6.62. The Labute approximate surface area is 205 Å². The maximum Gasteiger partial charge on any atom is 0.262 e. The van der Waals surface area contributed by atoms with Crippen molar-refractivity contribution in [3.8, 4) is 17.4 Å². The fraction of sp³-hybridized carbons (Fsp3) is 0.357. The van der Waals surface area contributed by atoms with Crippen LogP contribution in [0.2, 0.25) is 0 Å². The molecule has 0 saturated carbocycles. The number of ether oxygens (including phenoxy) is 1. The predicted molar refractivity (Wildman–Crippen MR) is 137 cm³/mol. The van der Waals surface area contributed by atoms with E-state index in [9.17, 15) is 15.2 Å². The van der Waals surface area contributed by atoms with Gasteiger partial charge in [0.2, 0.25) is 0 Å². The number of anilines is 1. The van der Waals surface area contributed by atoms with Gasteiger partial charge in [-0.05, 0) is 60.9 Å². The molecule has 1 aliphatic rings. The monoisotopic (exact) mass is 473 g/mol. The highest BCUT2D eigenvalue weighted by Crippen LogP contribution is 2.29. The first-order valence-electron chi connectivity index (χ1n) is 12.0. The minimum Gasteiger partial charge on any atom is -0.457 e. The number of benzene rings is 2. The first-order valence-corrected chi connectivity index (χ1v) is 12.0. The molecule has 1 amide bonds. The lowest BCUT2D eigenvalue weighted by atomic mass is 9.94. The van der Waals surface area contributed by atoms with Gasteiger partial charge in [0.25, 0.3) is 5.91 Å². The summed E-state index contributed by atoms with van der Waals surface area (Å²) < 4.78 is 11.4. The smallest absolute Gasteiger partial charge is 0.262 e. The van der Waals surface area contributed by atoms with Crippen LogP contribution in [0.5, 0.6) is 0 Å². The van der Waals surface area contributed by atoms with E-state index in [1.165, 1.54) is 11.8 Å². The second-order valence-corrected chi connectivity index (χ2v) is 9.06. The molecule has 7 heteroatoms. The molecule has 35 heavy (non-hydrogen) atoms. The average Bonchev–Trinajstić information content (AvgIpc) is 3.36. The van der Waals surface area contributed by atoms with Gasteiger partial charge in [-0.15, -0.1) is 0 Å². The lowest BCUT2D eigenvalue weighted by Gasteiger charge is -2.29. The number of furan rings is 1. The first kappa shape index (κ1) is 24.5. The van der Waals surface area contributed by atoms with Crippen molar-refractivity contribution in [2.75, 3.05) is 37.8 Å². The van der Waals surface area contributed by atoms with Gasteiger partial charge < -0.3 is 24.5 Å². The van der Waals surface area contributed by atoms with E-state index in [0.29, 0.717) is 24.4 Å². The topological polar surface area (TPSA) is 98.7 Å². The van der Waals surface area contributed by atoms with Crippen LogP contribution >= 0.6 is 0 Å². The minimum absolute atomic E-state index is 0.0436. The molecule has 1 atom stereocenters. The molecule has 2 N–H and O–H groups in total. The Balaban J connectivity index is 1.52. The van der Waals surface area contributed by atoms with Crippen molar-refractivity contribution in [1.82, 2.24) is 5.32 Å². The fourth-order valence-electron chi connectivity index (χ4n) is 4.20. The van der Waals surface area contributed by atoms with Crippen LogP contribution in [0.1, 0.15) is 32.4 Å². The van der Waals surface area contributed by atoms with Crippen LogP contribution in [0.4, 0.5) is 5.69 Å². The Morgan fingerprint density at radius 2 is 1.91 bits per heavy atom. The van der Waals surface area contributed by atoms with Crippen LogP contribution in [0.3, 0.4) is 0 Å². The van der Waals surface area contributed by atoms with Crippen molar-refractivity contribution in [2.45, 2.75) is 32.2 Å². The van der Waals surface area contributed by atoms with E-state index < -0.39 is 11.4 Å². The van der Waals surface area contributed by atoms with E-state index in [1.807, 2.05) is 32.0 Å². The van der Waals surface area contributed by atoms with E-state index in [-0.39, 0.29) is 12.2 Å². The zero-order valence-corrected chi connectivity index (χ0v) is 20.2. The highest BCUT2D eigenvalue weighted by atomic mass is 16.5. The van der Waals surface area contributed by atoms with Gasteiger partial charge in [-0.1, -0.05) is 25.1 Å². The molecular weight excluding hydrogens is 442 g/mol. The number of aliphatic hydroxyl groups excluding tert-OH is 1. The zero-order chi connectivity index (χ0) is 24.8. The van der Waals surface area contributed by atoms with Crippen molar-refractivity contribution in [1.29, 1.82) is 5.26 Å². The summed E-state index contributed by atoms with van der Waals surface area (Å²) in [5.74, 6) is 0.603. The number of aliphatic hydroxyl groups is 1. The summed E-state index contributed by atoms with van der Waals surface area (Å²) in [4.78, 5) is 15.0. The fourth-order valence-corrected chi connectivity index (χ4v) is 4.20. The zero-order valence-electron chi connectivity index (χ0n) is 20.2.